The van der Waals surface area contributed by atoms with Crippen molar-refractivity contribution in [3.63, 3.8) is 0 Å². The van der Waals surface area contributed by atoms with Crippen LogP contribution in [-0.2, 0) is 37.2 Å². The molecule has 6 heterocycles. The van der Waals surface area contributed by atoms with Gasteiger partial charge in [0.15, 0.2) is 41.0 Å². The number of nitrogens with one attached hydrogen (secondary N) is 1. The van der Waals surface area contributed by atoms with E-state index in [0.717, 1.165) is 27.2 Å². The van der Waals surface area contributed by atoms with Crippen molar-refractivity contribution in [2.24, 2.45) is 5.16 Å². The summed E-state index contributed by atoms with van der Waals surface area (Å²) in [5.74, 6) is -4.13. The number of anilines is 1. The molecule has 2 aliphatic heterocycles. The quantitative estimate of drug-likeness (QED) is 0.0292. The molecule has 22 heteroatoms. The lowest BCUT2D eigenvalue weighted by atomic mass is 10.0. The van der Waals surface area contributed by atoms with Crippen LogP contribution in [0.15, 0.2) is 78.9 Å². The summed E-state index contributed by atoms with van der Waals surface area (Å²) in [6.07, 6.45) is 3.88. The number of carboxylic acid groups (broad SMARTS) is 2. The molecule has 51 heavy (non-hydrogen) atoms. The third kappa shape index (κ3) is 7.51. The van der Waals surface area contributed by atoms with Gasteiger partial charge < -0.3 is 40.9 Å². The van der Waals surface area contributed by atoms with Crippen LogP contribution in [0.4, 0.5) is 5.13 Å². The first kappa shape index (κ1) is 35.0. The molecule has 264 valence electrons. The maximum Gasteiger partial charge on any atom is 0.370 e. The number of nitrogens with two attached hydrogens (primary N) is 1. The maximum atomic E-state index is 13.5. The zero-order valence-electron chi connectivity index (χ0n) is 25.7. The number of nitrogen functional groups attached to an aromatic ring is 1. The molecule has 4 aromatic rings. The molecule has 4 aromatic heterocycles. The molecule has 6 rings (SSSR count). The van der Waals surface area contributed by atoms with E-state index in [-0.39, 0.29) is 64.0 Å². The lowest BCUT2D eigenvalue weighted by Gasteiger charge is -2.49. The predicted molar refractivity (Wildman–Crippen MR) is 175 cm³/mol. The molecule has 2 aliphatic rings. The molecular formula is C29H24N8O11S3. The second kappa shape index (κ2) is 14.5. The number of thioether (sulfide) groups is 2. The number of pyridine rings is 2. The van der Waals surface area contributed by atoms with E-state index >= 15 is 0 Å². The number of aliphatic carboxylic acids is 2. The number of hydrogen-bond acceptors (Lipinski definition) is 16. The smallest absolute Gasteiger partial charge is 0.370 e. The molecule has 0 bridgehead atoms. The number of carbonyl (C=O) groups is 4. The Labute approximate surface area is 297 Å². The fraction of sp³-hybridized carbons (Fsp3) is 0.207. The van der Waals surface area contributed by atoms with Crippen molar-refractivity contribution >= 4 is 69.5 Å². The van der Waals surface area contributed by atoms with Gasteiger partial charge in [-0.2, -0.15) is 9.30 Å². The zero-order chi connectivity index (χ0) is 36.4. The molecule has 19 nitrogen and oxygen atoms in total. The third-order valence-corrected chi connectivity index (χ3v) is 10.4. The van der Waals surface area contributed by atoms with E-state index in [4.69, 9.17) is 20.2 Å². The predicted octanol–water partition coefficient (Wildman–Crippen LogP) is -0.323. The Morgan fingerprint density at radius 1 is 1.24 bits per heavy atom. The van der Waals surface area contributed by atoms with Crippen molar-refractivity contribution in [3.8, 4) is 17.1 Å². The second-order valence-corrected chi connectivity index (χ2v) is 13.7. The number of β-lactam (4-membered cyclic amide) rings is 1. The molecule has 6 N–H and O–H groups in total. The number of carbonyl (C=O) groups excluding carboxylic acids is 2. The number of nitrogens with zero attached hydrogens (tertiary/aromatic N) is 6. The van der Waals surface area contributed by atoms with E-state index in [1.54, 1.807) is 24.5 Å². The number of fused-ring (bicyclic) bond motifs is 1. The van der Waals surface area contributed by atoms with Crippen LogP contribution in [-0.4, -0.2) is 87.6 Å². The topological polar surface area (TPSA) is 280 Å². The number of hydrogen-bond donors (Lipinski definition) is 5. The van der Waals surface area contributed by atoms with Gasteiger partial charge in [-0.1, -0.05) is 10.3 Å². The Bertz CT molecular complexity index is 2160. The van der Waals surface area contributed by atoms with Gasteiger partial charge in [0, 0.05) is 52.2 Å². The van der Waals surface area contributed by atoms with E-state index in [1.165, 1.54) is 39.5 Å². The Morgan fingerprint density at radius 3 is 2.69 bits per heavy atom. The minimum atomic E-state index is -1.30. The number of aromatic nitrogens is 4. The molecule has 2 atom stereocenters. The van der Waals surface area contributed by atoms with Gasteiger partial charge in [-0.15, -0.1) is 34.9 Å². The van der Waals surface area contributed by atoms with E-state index in [1.807, 2.05) is 0 Å². The molecule has 1 fully saturated rings. The largest absolute Gasteiger partial charge is 0.869 e. The molecule has 0 spiro atoms. The highest BCUT2D eigenvalue weighted by Gasteiger charge is 2.54. The Hall–Kier alpha value is -5.87. The van der Waals surface area contributed by atoms with E-state index in [0.29, 0.717) is 16.5 Å². The molecule has 0 aromatic carbocycles. The van der Waals surface area contributed by atoms with Gasteiger partial charge in [-0.25, -0.2) is 14.6 Å². The van der Waals surface area contributed by atoms with Gasteiger partial charge >= 0.3 is 11.9 Å². The monoisotopic (exact) mass is 756 g/mol. The van der Waals surface area contributed by atoms with Crippen molar-refractivity contribution in [3.05, 3.63) is 81.2 Å². The molecule has 0 aliphatic carbocycles. The van der Waals surface area contributed by atoms with Crippen LogP contribution in [0, 0.1) is 0 Å². The first-order valence-corrected chi connectivity index (χ1v) is 17.4. The van der Waals surface area contributed by atoms with Crippen LogP contribution in [0.5, 0.6) is 5.75 Å². The molecule has 0 unspecified atom stereocenters. The average Bonchev–Trinajstić information content (AvgIpc) is 3.75. The molecule has 0 saturated carbocycles. The average molecular weight is 757 g/mol. The number of oxime groups is 1. The zero-order valence-corrected chi connectivity index (χ0v) is 28.1. The summed E-state index contributed by atoms with van der Waals surface area (Å²) < 4.78 is 7.06. The standard InChI is InChI=1S/C29H24N8O11S3/c30-29-31-17(12-51-29)22(34-47-9-14-5-16(33-48-14)18-6-19(38)20(39)7-36(18)46)25(42)32-23-26(43)37-24(28(44)45)13(11-50-27(23)37)10-49-15-1-3-35(4-2-15)8-21(40)41/h1-7,12,23,27,46H,8-11H2,(H5-,30,31,32,39,40,41,42,44,45)/b34-22-/t23-,27-/m1/s1. The summed E-state index contributed by atoms with van der Waals surface area (Å²) in [4.78, 5) is 73.0. The van der Waals surface area contributed by atoms with Gasteiger partial charge in [0.1, 0.15) is 34.2 Å². The maximum absolute atomic E-state index is 13.5. The third-order valence-electron chi connectivity index (χ3n) is 7.29. The highest BCUT2D eigenvalue weighted by Crippen LogP contribution is 2.41. The van der Waals surface area contributed by atoms with Crippen LogP contribution in [0.2, 0.25) is 0 Å². The summed E-state index contributed by atoms with van der Waals surface area (Å²) in [7, 11) is 0. The van der Waals surface area contributed by atoms with Crippen LogP contribution < -0.4 is 26.2 Å². The van der Waals surface area contributed by atoms with Gasteiger partial charge in [0.2, 0.25) is 6.54 Å². The van der Waals surface area contributed by atoms with Crippen molar-refractivity contribution in [1.29, 1.82) is 0 Å². The van der Waals surface area contributed by atoms with E-state index < -0.39 is 46.3 Å². The Kier molecular flexibility index (Phi) is 9.97. The van der Waals surface area contributed by atoms with Gasteiger partial charge in [-0.3, -0.25) is 19.3 Å². The van der Waals surface area contributed by atoms with Crippen molar-refractivity contribution in [1.82, 2.24) is 25.1 Å². The van der Waals surface area contributed by atoms with Crippen LogP contribution in [0.1, 0.15) is 11.5 Å². The van der Waals surface area contributed by atoms with Gasteiger partial charge in [0.25, 0.3) is 11.8 Å². The Balaban J connectivity index is 1.13. The first-order chi connectivity index (χ1) is 24.4. The van der Waals surface area contributed by atoms with E-state index in [2.05, 4.69) is 20.6 Å². The van der Waals surface area contributed by atoms with Gasteiger partial charge in [0.05, 0.1) is 0 Å². The number of carboxylic acids is 2. The highest BCUT2D eigenvalue weighted by atomic mass is 32.2. The molecule has 2 amide bonds. The minimum Gasteiger partial charge on any atom is -0.869 e. The normalized spacial score (nSPS) is 17.1. The first-order valence-electron chi connectivity index (χ1n) is 14.4. The minimum absolute atomic E-state index is 0.00252. The summed E-state index contributed by atoms with van der Waals surface area (Å²) in [6, 6.07) is 4.51. The molecular weight excluding hydrogens is 733 g/mol. The lowest BCUT2D eigenvalue weighted by molar-refractivity contribution is -0.686. The molecule has 1 saturated heterocycles. The summed E-state index contributed by atoms with van der Waals surface area (Å²) in [5.41, 5.74) is 4.80. The van der Waals surface area contributed by atoms with Gasteiger partial charge in [-0.05, 0) is 11.3 Å². The number of amides is 2. The van der Waals surface area contributed by atoms with Crippen molar-refractivity contribution < 1.29 is 53.6 Å². The second-order valence-electron chi connectivity index (χ2n) is 10.7. The van der Waals surface area contributed by atoms with Crippen LogP contribution in [0.3, 0.4) is 0 Å². The van der Waals surface area contributed by atoms with Crippen LogP contribution in [0.25, 0.3) is 11.4 Å². The van der Waals surface area contributed by atoms with Crippen molar-refractivity contribution in [2.75, 3.05) is 17.2 Å². The summed E-state index contributed by atoms with van der Waals surface area (Å²) >= 11 is 3.63. The molecule has 0 radical (unpaired) electrons. The summed E-state index contributed by atoms with van der Waals surface area (Å²) in [6.45, 7) is -0.584. The number of rotatable bonds is 13. The fourth-order valence-corrected chi connectivity index (χ4v) is 7.85. The van der Waals surface area contributed by atoms with Crippen molar-refractivity contribution in [2.45, 2.75) is 29.5 Å². The SMILES string of the molecule is Nc1nc(/C(=N/OCc2cc(-c3cc(=O)c([O-])cn3O)no2)C(=O)N[C@@H]2C(=O)N3C(C(=O)O)=C(CSc4cc[n+](CC(=O)O)cc4)CS[C@H]23)cs1. The highest BCUT2D eigenvalue weighted by molar-refractivity contribution is 8.01. The fourth-order valence-electron chi connectivity index (χ4n) is 4.94. The Morgan fingerprint density at radius 2 is 2.00 bits per heavy atom. The lowest BCUT2D eigenvalue weighted by Crippen LogP contribution is -2.71. The van der Waals surface area contributed by atoms with E-state index in [9.17, 15) is 39.4 Å². The number of thiazole rings is 1. The van der Waals surface area contributed by atoms with Crippen LogP contribution >= 0.6 is 34.9 Å². The summed E-state index contributed by atoms with van der Waals surface area (Å²) in [5, 5.41) is 51.5.